The molecule has 0 saturated heterocycles. The summed E-state index contributed by atoms with van der Waals surface area (Å²) in [5.74, 6) is 0.416. The van der Waals surface area contributed by atoms with Crippen LogP contribution in [0.1, 0.15) is 5.76 Å². The van der Waals surface area contributed by atoms with E-state index in [2.05, 4.69) is 10.1 Å². The highest BCUT2D eigenvalue weighted by Crippen LogP contribution is 2.22. The summed E-state index contributed by atoms with van der Waals surface area (Å²) < 4.78 is 6.74. The second-order valence-electron chi connectivity index (χ2n) is 3.47. The topological polar surface area (TPSA) is 81.1 Å². The number of carboxylic acid groups (broad SMARTS) is 1. The minimum atomic E-state index is -0.876. The average molecular weight is 253 g/mol. The maximum absolute atomic E-state index is 10.5. The van der Waals surface area contributed by atoms with Crippen molar-refractivity contribution < 1.29 is 14.3 Å². The molecule has 6 nitrogen and oxygen atoms in total. The van der Waals surface area contributed by atoms with Gasteiger partial charge in [-0.2, -0.15) is 5.10 Å². The van der Waals surface area contributed by atoms with Crippen LogP contribution in [0, 0.1) is 6.92 Å². The highest BCUT2D eigenvalue weighted by Gasteiger charge is 2.12. The van der Waals surface area contributed by atoms with Crippen molar-refractivity contribution in [1.82, 2.24) is 14.8 Å². The lowest BCUT2D eigenvalue weighted by molar-refractivity contribution is -0.133. The quantitative estimate of drug-likeness (QED) is 0.833. The Kier molecular flexibility index (Phi) is 3.19. The normalized spacial score (nSPS) is 10.7. The van der Waals surface area contributed by atoms with Crippen LogP contribution in [0.2, 0.25) is 0 Å². The molecule has 0 radical (unpaired) electrons. The van der Waals surface area contributed by atoms with Crippen LogP contribution in [0.15, 0.2) is 21.9 Å². The Morgan fingerprint density at radius 3 is 3.00 bits per heavy atom. The maximum atomic E-state index is 10.5. The summed E-state index contributed by atoms with van der Waals surface area (Å²) in [7, 11) is 1.73. The van der Waals surface area contributed by atoms with Gasteiger partial charge in [0.05, 0.1) is 11.3 Å². The molecule has 0 fully saturated rings. The maximum Gasteiger partial charge on any atom is 0.313 e. The molecule has 0 spiro atoms. The first-order valence-corrected chi connectivity index (χ1v) is 5.86. The lowest BCUT2D eigenvalue weighted by Gasteiger charge is -1.94. The molecule has 2 heterocycles. The zero-order valence-corrected chi connectivity index (χ0v) is 10.2. The van der Waals surface area contributed by atoms with Gasteiger partial charge in [-0.3, -0.25) is 4.79 Å². The number of aliphatic carboxylic acids is 1. The van der Waals surface area contributed by atoms with Gasteiger partial charge in [-0.15, -0.1) is 0 Å². The van der Waals surface area contributed by atoms with E-state index in [-0.39, 0.29) is 5.75 Å². The molecule has 2 rings (SSSR count). The van der Waals surface area contributed by atoms with Crippen molar-refractivity contribution in [2.45, 2.75) is 12.1 Å². The molecule has 0 saturated carbocycles. The van der Waals surface area contributed by atoms with Crippen LogP contribution in [-0.4, -0.2) is 31.6 Å². The van der Waals surface area contributed by atoms with E-state index in [1.54, 1.807) is 18.0 Å². The first-order valence-electron chi connectivity index (χ1n) is 4.87. The SMILES string of the molecule is Cc1cc(-c2nc(SCC(=O)O)n(C)n2)co1. The molecule has 0 amide bonds. The second kappa shape index (κ2) is 4.62. The number of carbonyl (C=O) groups is 1. The van der Waals surface area contributed by atoms with Crippen LogP contribution in [0.4, 0.5) is 0 Å². The van der Waals surface area contributed by atoms with Crippen LogP contribution in [0.5, 0.6) is 0 Å². The molecule has 17 heavy (non-hydrogen) atoms. The minimum Gasteiger partial charge on any atom is -0.481 e. The van der Waals surface area contributed by atoms with Crippen molar-refractivity contribution in [3.05, 3.63) is 18.1 Å². The molecule has 0 aliphatic heterocycles. The van der Waals surface area contributed by atoms with E-state index in [0.29, 0.717) is 11.0 Å². The Morgan fingerprint density at radius 2 is 2.41 bits per heavy atom. The highest BCUT2D eigenvalue weighted by molar-refractivity contribution is 7.99. The number of aryl methyl sites for hydroxylation is 2. The number of rotatable bonds is 4. The Bertz CT molecular complexity index is 547. The third kappa shape index (κ3) is 2.68. The van der Waals surface area contributed by atoms with Gasteiger partial charge >= 0.3 is 5.97 Å². The second-order valence-corrected chi connectivity index (χ2v) is 4.41. The molecule has 0 bridgehead atoms. The summed E-state index contributed by atoms with van der Waals surface area (Å²) in [6, 6.07) is 1.83. The number of hydrogen-bond donors (Lipinski definition) is 1. The van der Waals surface area contributed by atoms with Crippen LogP contribution in [-0.2, 0) is 11.8 Å². The monoisotopic (exact) mass is 253 g/mol. The number of aromatic nitrogens is 3. The molecule has 0 aromatic carbocycles. The van der Waals surface area contributed by atoms with Crippen molar-refractivity contribution in [2.24, 2.45) is 7.05 Å². The third-order valence-corrected chi connectivity index (χ3v) is 3.04. The van der Waals surface area contributed by atoms with E-state index < -0.39 is 5.97 Å². The summed E-state index contributed by atoms with van der Waals surface area (Å²) in [4.78, 5) is 14.7. The Balaban J connectivity index is 2.21. The molecule has 0 aliphatic carbocycles. The third-order valence-electron chi connectivity index (χ3n) is 2.04. The zero-order valence-electron chi connectivity index (χ0n) is 9.38. The summed E-state index contributed by atoms with van der Waals surface area (Å²) >= 11 is 1.14. The molecular formula is C10H11N3O3S. The number of hydrogen-bond acceptors (Lipinski definition) is 5. The Hall–Kier alpha value is -1.76. The molecule has 0 atom stereocenters. The number of furan rings is 1. The highest BCUT2D eigenvalue weighted by atomic mass is 32.2. The van der Waals surface area contributed by atoms with Gasteiger partial charge in [-0.05, 0) is 13.0 Å². The Morgan fingerprint density at radius 1 is 1.65 bits per heavy atom. The number of carboxylic acids is 1. The van der Waals surface area contributed by atoms with Crippen LogP contribution >= 0.6 is 11.8 Å². The standard InChI is InChI=1S/C10H11N3O3S/c1-6-3-7(4-16-6)9-11-10(13(2)12-9)17-5-8(14)15/h3-4H,5H2,1-2H3,(H,14,15). The first-order chi connectivity index (χ1) is 8.06. The summed E-state index contributed by atoms with van der Waals surface area (Å²) in [6.45, 7) is 1.84. The van der Waals surface area contributed by atoms with Gasteiger partial charge in [0.1, 0.15) is 12.0 Å². The zero-order chi connectivity index (χ0) is 12.4. The molecule has 7 heteroatoms. The predicted molar refractivity (Wildman–Crippen MR) is 61.8 cm³/mol. The van der Waals surface area contributed by atoms with Crippen molar-refractivity contribution >= 4 is 17.7 Å². The molecule has 0 aliphatic rings. The van der Waals surface area contributed by atoms with Crippen molar-refractivity contribution in [3.63, 3.8) is 0 Å². The summed E-state index contributed by atoms with van der Waals surface area (Å²) in [5, 5.41) is 13.4. The fourth-order valence-electron chi connectivity index (χ4n) is 1.31. The van der Waals surface area contributed by atoms with E-state index in [1.807, 2.05) is 13.0 Å². The molecule has 2 aromatic heterocycles. The summed E-state index contributed by atoms with van der Waals surface area (Å²) in [6.07, 6.45) is 1.58. The lowest BCUT2D eigenvalue weighted by atomic mass is 10.3. The van der Waals surface area contributed by atoms with Gasteiger partial charge in [-0.25, -0.2) is 9.67 Å². The first kappa shape index (κ1) is 11.7. The van der Waals surface area contributed by atoms with E-state index >= 15 is 0 Å². The predicted octanol–water partition coefficient (Wildman–Crippen LogP) is 1.56. The van der Waals surface area contributed by atoms with Crippen LogP contribution in [0.25, 0.3) is 11.4 Å². The largest absolute Gasteiger partial charge is 0.481 e. The fourth-order valence-corrected chi connectivity index (χ4v) is 1.94. The van der Waals surface area contributed by atoms with E-state index in [0.717, 1.165) is 23.1 Å². The van der Waals surface area contributed by atoms with Gasteiger partial charge in [0, 0.05) is 7.05 Å². The van der Waals surface area contributed by atoms with Crippen molar-refractivity contribution in [1.29, 1.82) is 0 Å². The molecule has 1 N–H and O–H groups in total. The average Bonchev–Trinajstić information content (AvgIpc) is 2.82. The van der Waals surface area contributed by atoms with Gasteiger partial charge in [0.15, 0.2) is 11.0 Å². The molecule has 90 valence electrons. The fraction of sp³-hybridized carbons (Fsp3) is 0.300. The van der Waals surface area contributed by atoms with Gasteiger partial charge in [0.2, 0.25) is 0 Å². The van der Waals surface area contributed by atoms with E-state index in [1.165, 1.54) is 0 Å². The van der Waals surface area contributed by atoms with Gasteiger partial charge < -0.3 is 9.52 Å². The Labute approximate surface area is 102 Å². The molecule has 2 aromatic rings. The summed E-state index contributed by atoms with van der Waals surface area (Å²) in [5.41, 5.74) is 0.792. The van der Waals surface area contributed by atoms with Crippen LogP contribution < -0.4 is 0 Å². The van der Waals surface area contributed by atoms with E-state index in [4.69, 9.17) is 9.52 Å². The van der Waals surface area contributed by atoms with Crippen LogP contribution in [0.3, 0.4) is 0 Å². The molecular weight excluding hydrogens is 242 g/mol. The number of nitrogens with zero attached hydrogens (tertiary/aromatic N) is 3. The minimum absolute atomic E-state index is 0.0314. The van der Waals surface area contributed by atoms with E-state index in [9.17, 15) is 4.79 Å². The molecule has 0 unspecified atom stereocenters. The van der Waals surface area contributed by atoms with Crippen molar-refractivity contribution in [3.8, 4) is 11.4 Å². The van der Waals surface area contributed by atoms with Gasteiger partial charge in [0.25, 0.3) is 0 Å². The lowest BCUT2D eigenvalue weighted by Crippen LogP contribution is -2.00. The van der Waals surface area contributed by atoms with Gasteiger partial charge in [-0.1, -0.05) is 11.8 Å². The number of thioether (sulfide) groups is 1. The smallest absolute Gasteiger partial charge is 0.313 e. The van der Waals surface area contributed by atoms with Crippen molar-refractivity contribution in [2.75, 3.05) is 5.75 Å².